The molecule has 4 nitrogen and oxygen atoms in total. The molecule has 0 aromatic heterocycles. The van der Waals surface area contributed by atoms with Crippen molar-refractivity contribution in [3.05, 3.63) is 53.9 Å². The van der Waals surface area contributed by atoms with Crippen LogP contribution in [0.4, 0.5) is 17.6 Å². The van der Waals surface area contributed by atoms with Crippen LogP contribution in [0.15, 0.2) is 53.9 Å². The summed E-state index contributed by atoms with van der Waals surface area (Å²) in [5.41, 5.74) is -0.887. The third kappa shape index (κ3) is 6.03. The highest BCUT2D eigenvalue weighted by Gasteiger charge is 2.52. The van der Waals surface area contributed by atoms with Gasteiger partial charge in [0, 0.05) is 0 Å². The van der Waals surface area contributed by atoms with Gasteiger partial charge in [0.05, 0.1) is 16.2 Å². The molecular formula is C20H22BClF4O4. The van der Waals surface area contributed by atoms with Gasteiger partial charge >= 0.3 is 13.5 Å². The molecule has 164 valence electrons. The molecule has 0 N–H and O–H groups in total. The number of ether oxygens (including phenoxy) is 2. The maximum Gasteiger partial charge on any atom is 0.573 e. The Balaban J connectivity index is 2.26. The first-order chi connectivity index (χ1) is 13.6. The normalized spacial score (nSPS) is 18.3. The van der Waals surface area contributed by atoms with Gasteiger partial charge in [-0.3, -0.25) is 0 Å². The van der Waals surface area contributed by atoms with E-state index in [4.69, 9.17) is 25.6 Å². The van der Waals surface area contributed by atoms with Crippen molar-refractivity contribution >= 4 is 24.2 Å². The van der Waals surface area contributed by atoms with E-state index in [0.29, 0.717) is 5.46 Å². The van der Waals surface area contributed by atoms with Gasteiger partial charge in [0.15, 0.2) is 11.5 Å². The van der Waals surface area contributed by atoms with Crippen molar-refractivity contribution < 1.29 is 36.3 Å². The monoisotopic (exact) mass is 448 g/mol. The zero-order chi connectivity index (χ0) is 22.9. The highest BCUT2D eigenvalue weighted by Crippen LogP contribution is 2.38. The lowest BCUT2D eigenvalue weighted by Gasteiger charge is -2.32. The highest BCUT2D eigenvalue weighted by atomic mass is 35.5. The Kier molecular flexibility index (Phi) is 7.01. The first kappa shape index (κ1) is 24.3. The Bertz CT molecular complexity index is 849. The third-order valence-electron chi connectivity index (χ3n) is 4.72. The van der Waals surface area contributed by atoms with Gasteiger partial charge in [-0.2, -0.15) is 0 Å². The lowest BCUT2D eigenvalue weighted by Crippen LogP contribution is -2.41. The van der Waals surface area contributed by atoms with E-state index in [2.05, 4.69) is 17.9 Å². The van der Waals surface area contributed by atoms with Crippen molar-refractivity contribution in [3.8, 4) is 11.5 Å². The van der Waals surface area contributed by atoms with E-state index in [1.807, 2.05) is 27.7 Å². The van der Waals surface area contributed by atoms with E-state index in [0.717, 1.165) is 12.1 Å². The van der Waals surface area contributed by atoms with Gasteiger partial charge in [-0.1, -0.05) is 30.8 Å². The summed E-state index contributed by atoms with van der Waals surface area (Å²) in [5, 5.41) is -0.330. The standard InChI is InChI=1S/C20H22BClF4O4/c1-12(9-15(23)13(2)22)11-27-16-8-7-14(10-17(16)28-20(24,25)26)21-29-18(3,4)19(5,6)30-21/h7-10H,1-2,11H2,3-6H3/b15-9+. The predicted octanol–water partition coefficient (Wildman–Crippen LogP) is 5.43. The van der Waals surface area contributed by atoms with Crippen LogP contribution in [0.3, 0.4) is 0 Å². The van der Waals surface area contributed by atoms with Gasteiger partial charge in [-0.05, 0) is 56.9 Å². The lowest BCUT2D eigenvalue weighted by atomic mass is 9.79. The predicted molar refractivity (Wildman–Crippen MR) is 108 cm³/mol. The number of allylic oxidation sites excluding steroid dienone is 2. The van der Waals surface area contributed by atoms with E-state index < -0.39 is 36.3 Å². The second kappa shape index (κ2) is 8.65. The molecule has 0 aliphatic carbocycles. The van der Waals surface area contributed by atoms with Crippen molar-refractivity contribution in [2.24, 2.45) is 0 Å². The van der Waals surface area contributed by atoms with Crippen LogP contribution in [-0.2, 0) is 9.31 Å². The fourth-order valence-electron chi connectivity index (χ4n) is 2.44. The van der Waals surface area contributed by atoms with Crippen LogP contribution in [0.5, 0.6) is 11.5 Å². The summed E-state index contributed by atoms with van der Waals surface area (Å²) in [7, 11) is -0.888. The van der Waals surface area contributed by atoms with E-state index in [1.165, 1.54) is 12.1 Å². The molecule has 1 aromatic rings. The van der Waals surface area contributed by atoms with Gasteiger partial charge < -0.3 is 18.8 Å². The number of alkyl halides is 3. The summed E-state index contributed by atoms with van der Waals surface area (Å²) in [6.45, 7) is 13.8. The fourth-order valence-corrected chi connectivity index (χ4v) is 2.50. The quantitative estimate of drug-likeness (QED) is 0.317. The van der Waals surface area contributed by atoms with Crippen LogP contribution in [0.25, 0.3) is 0 Å². The van der Waals surface area contributed by atoms with E-state index >= 15 is 0 Å². The van der Waals surface area contributed by atoms with Crippen molar-refractivity contribution in [3.63, 3.8) is 0 Å². The summed E-state index contributed by atoms with van der Waals surface area (Å²) in [5.74, 6) is -1.63. The summed E-state index contributed by atoms with van der Waals surface area (Å²) in [4.78, 5) is 0. The van der Waals surface area contributed by atoms with E-state index in [9.17, 15) is 17.6 Å². The largest absolute Gasteiger partial charge is 0.573 e. The molecule has 0 atom stereocenters. The average molecular weight is 449 g/mol. The lowest BCUT2D eigenvalue weighted by molar-refractivity contribution is -0.275. The van der Waals surface area contributed by atoms with E-state index in [1.54, 1.807) is 0 Å². The van der Waals surface area contributed by atoms with Crippen molar-refractivity contribution in [2.45, 2.75) is 45.3 Å². The second-order valence-electron chi connectivity index (χ2n) is 7.69. The minimum atomic E-state index is -4.95. The topological polar surface area (TPSA) is 36.9 Å². The minimum Gasteiger partial charge on any atom is -0.485 e. The molecule has 1 aliphatic heterocycles. The first-order valence-electron chi connectivity index (χ1n) is 8.89. The number of hydrogen-bond donors (Lipinski definition) is 0. The summed E-state index contributed by atoms with van der Waals surface area (Å²) >= 11 is 5.42. The van der Waals surface area contributed by atoms with Crippen LogP contribution in [0.1, 0.15) is 27.7 Å². The van der Waals surface area contributed by atoms with Gasteiger partial charge in [0.25, 0.3) is 0 Å². The molecule has 0 saturated carbocycles. The van der Waals surface area contributed by atoms with Crippen molar-refractivity contribution in [1.82, 2.24) is 0 Å². The number of rotatable bonds is 7. The summed E-state index contributed by atoms with van der Waals surface area (Å²) in [6, 6.07) is 3.92. The summed E-state index contributed by atoms with van der Waals surface area (Å²) < 4.78 is 73.3. The van der Waals surface area contributed by atoms with Gasteiger partial charge in [0.1, 0.15) is 12.4 Å². The first-order valence-corrected chi connectivity index (χ1v) is 9.27. The molecule has 0 radical (unpaired) electrons. The van der Waals surface area contributed by atoms with Gasteiger partial charge in [-0.25, -0.2) is 4.39 Å². The maximum absolute atomic E-state index is 13.5. The summed E-state index contributed by atoms with van der Waals surface area (Å²) in [6.07, 6.45) is -3.98. The molecule has 1 saturated heterocycles. The van der Waals surface area contributed by atoms with Crippen LogP contribution < -0.4 is 14.9 Å². The molecule has 0 amide bonds. The second-order valence-corrected chi connectivity index (χ2v) is 8.14. The maximum atomic E-state index is 13.5. The van der Waals surface area contributed by atoms with Crippen LogP contribution in [-0.4, -0.2) is 31.3 Å². The molecule has 1 aromatic carbocycles. The molecule has 1 heterocycles. The third-order valence-corrected chi connectivity index (χ3v) is 4.90. The molecule has 0 spiro atoms. The average Bonchev–Trinajstić information content (AvgIpc) is 2.79. The molecular weight excluding hydrogens is 426 g/mol. The van der Waals surface area contributed by atoms with Crippen LogP contribution in [0, 0.1) is 0 Å². The zero-order valence-electron chi connectivity index (χ0n) is 17.0. The van der Waals surface area contributed by atoms with Crippen molar-refractivity contribution in [2.75, 3.05) is 6.61 Å². The van der Waals surface area contributed by atoms with Gasteiger partial charge in [-0.15, -0.1) is 13.2 Å². The van der Waals surface area contributed by atoms with E-state index in [-0.39, 0.29) is 23.0 Å². The molecule has 0 unspecified atom stereocenters. The number of halogens is 5. The Labute approximate surface area is 178 Å². The zero-order valence-corrected chi connectivity index (χ0v) is 17.8. The Morgan fingerprint density at radius 2 is 1.70 bits per heavy atom. The SMILES string of the molecule is C=C(/C=C(/F)C(=C)Cl)COc1ccc(B2OC(C)(C)C(C)(C)O2)cc1OC(F)(F)F. The highest BCUT2D eigenvalue weighted by molar-refractivity contribution is 6.62. The molecule has 2 rings (SSSR count). The fraction of sp³-hybridized carbons (Fsp3) is 0.400. The van der Waals surface area contributed by atoms with Crippen LogP contribution in [0.2, 0.25) is 0 Å². The Hall–Kier alpha value is -1.97. The minimum absolute atomic E-state index is 0.127. The molecule has 30 heavy (non-hydrogen) atoms. The van der Waals surface area contributed by atoms with Crippen LogP contribution >= 0.6 is 11.6 Å². The Morgan fingerprint density at radius 1 is 1.13 bits per heavy atom. The molecule has 1 aliphatic rings. The smallest absolute Gasteiger partial charge is 0.485 e. The molecule has 10 heteroatoms. The molecule has 0 bridgehead atoms. The number of hydrogen-bond acceptors (Lipinski definition) is 4. The van der Waals surface area contributed by atoms with Gasteiger partial charge in [0.2, 0.25) is 0 Å². The molecule has 1 fully saturated rings. The van der Waals surface area contributed by atoms with Crippen molar-refractivity contribution in [1.29, 1.82) is 0 Å². The number of benzene rings is 1. The Morgan fingerprint density at radius 3 is 2.20 bits per heavy atom.